The maximum Gasteiger partial charge on any atom is 0.0547 e. The van der Waals surface area contributed by atoms with Crippen molar-refractivity contribution in [2.24, 2.45) is 0 Å². The minimum atomic E-state index is 1.25. The topological polar surface area (TPSA) is 6.48 Å². The summed E-state index contributed by atoms with van der Waals surface area (Å²) in [6.07, 6.45) is 0. The highest BCUT2D eigenvalue weighted by Gasteiger charge is 2.03. The summed E-state index contributed by atoms with van der Waals surface area (Å²) >= 11 is 0. The van der Waals surface area contributed by atoms with Crippen LogP contribution in [-0.4, -0.2) is 26.2 Å². The van der Waals surface area contributed by atoms with Crippen molar-refractivity contribution in [2.45, 2.75) is 6.92 Å². The number of hydrogen-bond donors (Lipinski definition) is 0. The van der Waals surface area contributed by atoms with Crippen LogP contribution in [0.15, 0.2) is 24.3 Å². The van der Waals surface area contributed by atoms with E-state index >= 15 is 0 Å². The molecule has 1 rings (SSSR count). The van der Waals surface area contributed by atoms with Gasteiger partial charge in [-0.2, -0.15) is 0 Å². The van der Waals surface area contributed by atoms with Crippen LogP contribution in [-0.2, 0) is 0 Å². The van der Waals surface area contributed by atoms with Crippen molar-refractivity contribution < 1.29 is 0 Å². The number of rotatable bonds is 2. The Hall–Kier alpha value is -1.02. The Balaban J connectivity index is 2.94. The van der Waals surface area contributed by atoms with Gasteiger partial charge in [0.2, 0.25) is 0 Å². The largest absolute Gasteiger partial charge is 0.309 e. The minimum absolute atomic E-state index is 1.25. The van der Waals surface area contributed by atoms with Crippen molar-refractivity contribution >= 4 is 5.69 Å². The summed E-state index contributed by atoms with van der Waals surface area (Å²) in [6, 6.07) is 8.36. The molecule has 1 aromatic rings. The zero-order chi connectivity index (χ0) is 9.14. The first-order valence-electron chi connectivity index (χ1n) is 4.09. The maximum absolute atomic E-state index is 2.12. The third-order valence-electron chi connectivity index (χ3n) is 2.06. The monoisotopic (exact) mass is 164 g/mol. The molecule has 2 nitrogen and oxygen atoms in total. The molecule has 0 unspecified atom stereocenters. The van der Waals surface area contributed by atoms with Gasteiger partial charge in [0.15, 0.2) is 0 Å². The van der Waals surface area contributed by atoms with Crippen molar-refractivity contribution in [1.29, 1.82) is 0 Å². The van der Waals surface area contributed by atoms with E-state index in [2.05, 4.69) is 48.3 Å². The lowest BCUT2D eigenvalue weighted by atomic mass is 10.2. The number of aryl methyl sites for hydroxylation is 1. The molecule has 0 N–H and O–H groups in total. The maximum atomic E-state index is 2.12. The van der Waals surface area contributed by atoms with Gasteiger partial charge in [0.1, 0.15) is 0 Å². The molecule has 0 aliphatic heterocycles. The third kappa shape index (κ3) is 1.77. The van der Waals surface area contributed by atoms with Crippen LogP contribution in [0.25, 0.3) is 0 Å². The molecule has 12 heavy (non-hydrogen) atoms. The van der Waals surface area contributed by atoms with Crippen LogP contribution in [0, 0.1) is 6.92 Å². The Morgan fingerprint density at radius 3 is 2.08 bits per heavy atom. The quantitative estimate of drug-likeness (QED) is 0.616. The number of anilines is 1. The summed E-state index contributed by atoms with van der Waals surface area (Å²) in [5, 5.41) is 4.18. The van der Waals surface area contributed by atoms with Crippen LogP contribution >= 0.6 is 0 Å². The van der Waals surface area contributed by atoms with E-state index in [1.165, 1.54) is 11.3 Å². The standard InChI is InChI=1S/C10H16N2/c1-9-7-5-6-8-10(9)12(4)11(2)3/h5-8H,1-4H3. The third-order valence-corrected chi connectivity index (χ3v) is 2.06. The van der Waals surface area contributed by atoms with Crippen LogP contribution in [0.2, 0.25) is 0 Å². The summed E-state index contributed by atoms with van der Waals surface area (Å²) in [5.74, 6) is 0. The summed E-state index contributed by atoms with van der Waals surface area (Å²) in [4.78, 5) is 0. The molecule has 0 saturated heterocycles. The fourth-order valence-electron chi connectivity index (χ4n) is 1.14. The van der Waals surface area contributed by atoms with Gasteiger partial charge in [-0.25, -0.2) is 5.01 Å². The predicted octanol–water partition coefficient (Wildman–Crippen LogP) is 1.91. The molecule has 0 heterocycles. The van der Waals surface area contributed by atoms with Crippen LogP contribution in [0.5, 0.6) is 0 Å². The first kappa shape index (κ1) is 9.07. The molecule has 0 saturated carbocycles. The fourth-order valence-corrected chi connectivity index (χ4v) is 1.14. The second kappa shape index (κ2) is 3.59. The number of hydrogen-bond acceptors (Lipinski definition) is 2. The molecule has 1 aromatic carbocycles. The zero-order valence-corrected chi connectivity index (χ0v) is 8.20. The van der Waals surface area contributed by atoms with Gasteiger partial charge in [-0.15, -0.1) is 0 Å². The molecular weight excluding hydrogens is 148 g/mol. The molecular formula is C10H16N2. The Bertz CT molecular complexity index is 256. The Morgan fingerprint density at radius 1 is 1.00 bits per heavy atom. The van der Waals surface area contributed by atoms with Crippen LogP contribution in [0.4, 0.5) is 5.69 Å². The zero-order valence-electron chi connectivity index (χ0n) is 8.20. The second-order valence-corrected chi connectivity index (χ2v) is 3.16. The van der Waals surface area contributed by atoms with Gasteiger partial charge in [-0.3, -0.25) is 0 Å². The molecule has 66 valence electrons. The highest BCUT2D eigenvalue weighted by atomic mass is 15.6. The molecule has 0 aliphatic carbocycles. The van der Waals surface area contributed by atoms with E-state index in [1.807, 2.05) is 14.1 Å². The van der Waals surface area contributed by atoms with Gasteiger partial charge in [0.25, 0.3) is 0 Å². The Morgan fingerprint density at radius 2 is 1.58 bits per heavy atom. The molecule has 0 spiro atoms. The smallest absolute Gasteiger partial charge is 0.0547 e. The number of nitrogens with zero attached hydrogens (tertiary/aromatic N) is 2. The lowest BCUT2D eigenvalue weighted by Crippen LogP contribution is -2.33. The lowest BCUT2D eigenvalue weighted by Gasteiger charge is -2.27. The molecule has 2 heteroatoms. The van der Waals surface area contributed by atoms with E-state index in [0.717, 1.165) is 0 Å². The van der Waals surface area contributed by atoms with Gasteiger partial charge in [0, 0.05) is 21.1 Å². The molecule has 0 fully saturated rings. The first-order chi connectivity index (χ1) is 5.63. The van der Waals surface area contributed by atoms with Gasteiger partial charge >= 0.3 is 0 Å². The van der Waals surface area contributed by atoms with Crippen molar-refractivity contribution in [3.05, 3.63) is 29.8 Å². The van der Waals surface area contributed by atoms with Crippen molar-refractivity contribution in [1.82, 2.24) is 5.01 Å². The Kier molecular flexibility index (Phi) is 2.71. The number of para-hydroxylation sites is 1. The normalized spacial score (nSPS) is 10.4. The predicted molar refractivity (Wildman–Crippen MR) is 53.3 cm³/mol. The molecule has 0 aliphatic rings. The number of hydrazine groups is 1. The summed E-state index contributed by atoms with van der Waals surface area (Å²) in [5.41, 5.74) is 2.55. The van der Waals surface area contributed by atoms with Crippen molar-refractivity contribution in [3.63, 3.8) is 0 Å². The van der Waals surface area contributed by atoms with Crippen molar-refractivity contribution in [3.8, 4) is 0 Å². The van der Waals surface area contributed by atoms with Gasteiger partial charge < -0.3 is 5.01 Å². The molecule has 0 aromatic heterocycles. The van der Waals surface area contributed by atoms with E-state index in [4.69, 9.17) is 0 Å². The van der Waals surface area contributed by atoms with Gasteiger partial charge in [0.05, 0.1) is 5.69 Å². The highest BCUT2D eigenvalue weighted by molar-refractivity contribution is 5.51. The van der Waals surface area contributed by atoms with E-state index in [9.17, 15) is 0 Å². The Labute approximate surface area is 74.4 Å². The average Bonchev–Trinajstić information content (AvgIpc) is 2.04. The number of benzene rings is 1. The molecule has 0 bridgehead atoms. The minimum Gasteiger partial charge on any atom is -0.309 e. The van der Waals surface area contributed by atoms with Crippen molar-refractivity contribution in [2.75, 3.05) is 26.2 Å². The second-order valence-electron chi connectivity index (χ2n) is 3.16. The van der Waals surface area contributed by atoms with Crippen LogP contribution < -0.4 is 5.01 Å². The van der Waals surface area contributed by atoms with Crippen LogP contribution in [0.1, 0.15) is 5.56 Å². The SMILES string of the molecule is Cc1ccccc1N(C)N(C)C. The highest BCUT2D eigenvalue weighted by Crippen LogP contribution is 2.17. The van der Waals surface area contributed by atoms with E-state index in [1.54, 1.807) is 0 Å². The first-order valence-corrected chi connectivity index (χ1v) is 4.09. The summed E-state index contributed by atoms with van der Waals surface area (Å²) in [7, 11) is 6.13. The summed E-state index contributed by atoms with van der Waals surface area (Å²) in [6.45, 7) is 2.12. The van der Waals surface area contributed by atoms with E-state index in [0.29, 0.717) is 0 Å². The van der Waals surface area contributed by atoms with E-state index in [-0.39, 0.29) is 0 Å². The fraction of sp³-hybridized carbons (Fsp3) is 0.400. The van der Waals surface area contributed by atoms with Gasteiger partial charge in [-0.05, 0) is 18.6 Å². The van der Waals surface area contributed by atoms with Crippen LogP contribution in [0.3, 0.4) is 0 Å². The molecule has 0 radical (unpaired) electrons. The van der Waals surface area contributed by atoms with E-state index < -0.39 is 0 Å². The molecule has 0 amide bonds. The lowest BCUT2D eigenvalue weighted by molar-refractivity contribution is 0.397. The molecule has 0 atom stereocenters. The van der Waals surface area contributed by atoms with Gasteiger partial charge in [-0.1, -0.05) is 18.2 Å². The average molecular weight is 164 g/mol. The summed E-state index contributed by atoms with van der Waals surface area (Å²) < 4.78 is 0.